The first-order valence-corrected chi connectivity index (χ1v) is 9.41. The molecule has 0 amide bonds. The van der Waals surface area contributed by atoms with Gasteiger partial charge in [-0.1, -0.05) is 13.0 Å². The van der Waals surface area contributed by atoms with E-state index in [0.717, 1.165) is 49.7 Å². The predicted octanol–water partition coefficient (Wildman–Crippen LogP) is 2.92. The van der Waals surface area contributed by atoms with Gasteiger partial charge in [-0.25, -0.2) is 9.97 Å². The van der Waals surface area contributed by atoms with Gasteiger partial charge in [-0.15, -0.1) is 35.3 Å². The maximum absolute atomic E-state index is 4.60. The van der Waals surface area contributed by atoms with Crippen molar-refractivity contribution in [3.8, 4) is 0 Å². The summed E-state index contributed by atoms with van der Waals surface area (Å²) >= 11 is 1.79. The van der Waals surface area contributed by atoms with Crippen LogP contribution in [0.3, 0.4) is 0 Å². The molecule has 0 saturated heterocycles. The molecule has 0 atom stereocenters. The van der Waals surface area contributed by atoms with Gasteiger partial charge in [-0.05, 0) is 18.6 Å². The van der Waals surface area contributed by atoms with E-state index in [2.05, 4.69) is 38.7 Å². The first kappa shape index (κ1) is 20.6. The number of rotatable bonds is 7. The number of nitrogens with zero attached hydrogens (tertiary/aromatic N) is 4. The van der Waals surface area contributed by atoms with E-state index in [0.29, 0.717) is 0 Å². The number of pyridine rings is 1. The Morgan fingerprint density at radius 2 is 2.04 bits per heavy atom. The van der Waals surface area contributed by atoms with Gasteiger partial charge in [0.2, 0.25) is 0 Å². The van der Waals surface area contributed by atoms with Gasteiger partial charge in [-0.2, -0.15) is 0 Å². The number of nitrogens with one attached hydrogen (secondary N) is 2. The second-order valence-corrected chi connectivity index (χ2v) is 6.90. The van der Waals surface area contributed by atoms with E-state index in [1.807, 2.05) is 35.0 Å². The molecule has 3 aromatic heterocycles. The number of aromatic nitrogens is 3. The predicted molar refractivity (Wildman–Crippen MR) is 119 cm³/mol. The van der Waals surface area contributed by atoms with E-state index in [9.17, 15) is 0 Å². The third-order valence-electron chi connectivity index (χ3n) is 3.89. The molecule has 3 heterocycles. The molecule has 0 spiro atoms. The second-order valence-electron chi connectivity index (χ2n) is 5.70. The number of imidazole rings is 1. The molecule has 0 bridgehead atoms. The molecule has 0 radical (unpaired) electrons. The van der Waals surface area contributed by atoms with Crippen LogP contribution in [0, 0.1) is 0 Å². The van der Waals surface area contributed by atoms with Gasteiger partial charge in [0.05, 0.1) is 10.7 Å². The van der Waals surface area contributed by atoms with Crippen molar-refractivity contribution in [1.29, 1.82) is 0 Å². The van der Waals surface area contributed by atoms with Crippen molar-refractivity contribution in [3.05, 3.63) is 52.4 Å². The number of hydrogen-bond acceptors (Lipinski definition) is 4. The highest BCUT2D eigenvalue weighted by molar-refractivity contribution is 14.0. The first-order chi connectivity index (χ1) is 12.3. The van der Waals surface area contributed by atoms with Crippen molar-refractivity contribution in [2.75, 3.05) is 20.1 Å². The van der Waals surface area contributed by atoms with Gasteiger partial charge in [-0.3, -0.25) is 4.99 Å². The minimum absolute atomic E-state index is 0. The Morgan fingerprint density at radius 3 is 2.73 bits per heavy atom. The number of thiazole rings is 1. The van der Waals surface area contributed by atoms with Crippen molar-refractivity contribution in [2.45, 2.75) is 26.2 Å². The number of aryl methyl sites for hydroxylation is 1. The largest absolute Gasteiger partial charge is 0.356 e. The zero-order valence-electron chi connectivity index (χ0n) is 15.1. The molecular weight excluding hydrogens is 459 g/mol. The number of guanidine groups is 1. The lowest BCUT2D eigenvalue weighted by atomic mass is 10.3. The summed E-state index contributed by atoms with van der Waals surface area (Å²) in [4.78, 5) is 14.6. The molecule has 3 aromatic rings. The average molecular weight is 484 g/mol. The minimum Gasteiger partial charge on any atom is -0.356 e. The van der Waals surface area contributed by atoms with Crippen LogP contribution in [-0.2, 0) is 19.3 Å². The molecule has 6 nitrogen and oxygen atoms in total. The molecule has 0 fully saturated rings. The zero-order chi connectivity index (χ0) is 17.5. The fourth-order valence-corrected chi connectivity index (χ4v) is 3.41. The summed E-state index contributed by atoms with van der Waals surface area (Å²) in [5.41, 5.74) is 2.05. The Labute approximate surface area is 175 Å². The van der Waals surface area contributed by atoms with E-state index in [-0.39, 0.29) is 24.0 Å². The fourth-order valence-electron chi connectivity index (χ4n) is 2.55. The van der Waals surface area contributed by atoms with E-state index >= 15 is 0 Å². The molecule has 3 rings (SSSR count). The van der Waals surface area contributed by atoms with Crippen LogP contribution in [0.15, 0.2) is 41.8 Å². The monoisotopic (exact) mass is 484 g/mol. The van der Waals surface area contributed by atoms with Gasteiger partial charge in [0.1, 0.15) is 5.65 Å². The Kier molecular flexibility index (Phi) is 8.30. The lowest BCUT2D eigenvalue weighted by Crippen LogP contribution is -2.39. The highest BCUT2D eigenvalue weighted by Gasteiger charge is 2.04. The van der Waals surface area contributed by atoms with Gasteiger partial charge in [0.25, 0.3) is 0 Å². The first-order valence-electron chi connectivity index (χ1n) is 8.59. The highest BCUT2D eigenvalue weighted by atomic mass is 127. The molecule has 0 aromatic carbocycles. The van der Waals surface area contributed by atoms with Crippen LogP contribution in [0.2, 0.25) is 0 Å². The Hall–Kier alpha value is -1.68. The number of aliphatic imine (C=N–C) groups is 1. The van der Waals surface area contributed by atoms with Gasteiger partial charge in [0, 0.05) is 56.4 Å². The maximum Gasteiger partial charge on any atom is 0.191 e. The number of hydrogen-bond donors (Lipinski definition) is 2. The van der Waals surface area contributed by atoms with Crippen LogP contribution in [-0.4, -0.2) is 40.5 Å². The molecule has 0 aliphatic rings. The third kappa shape index (κ3) is 5.66. The van der Waals surface area contributed by atoms with E-state index in [4.69, 9.17) is 0 Å². The summed E-state index contributed by atoms with van der Waals surface area (Å²) in [6, 6.07) is 6.02. The Morgan fingerprint density at radius 1 is 1.23 bits per heavy atom. The Bertz CT molecular complexity index is 808. The molecule has 0 aliphatic heterocycles. The lowest BCUT2D eigenvalue weighted by Gasteiger charge is -2.10. The zero-order valence-corrected chi connectivity index (χ0v) is 18.3. The molecule has 8 heteroatoms. The SMILES string of the molecule is CCc1cnc(CCNC(=NC)NCCc2cn3ccccc3n2)s1.I. The summed E-state index contributed by atoms with van der Waals surface area (Å²) in [5.74, 6) is 0.816. The molecule has 2 N–H and O–H groups in total. The average Bonchev–Trinajstić information content (AvgIpc) is 3.26. The topological polar surface area (TPSA) is 66.6 Å². The standard InChI is InChI=1S/C18H24N6S.HI/c1-3-15-12-22-17(25-15)8-10-21-18(19-2)20-9-7-14-13-24-11-5-4-6-16(24)23-14;/h4-6,11-13H,3,7-10H2,1-2H3,(H2,19,20,21);1H. The van der Waals surface area contributed by atoms with Crippen LogP contribution in [0.5, 0.6) is 0 Å². The van der Waals surface area contributed by atoms with Crippen LogP contribution in [0.4, 0.5) is 0 Å². The van der Waals surface area contributed by atoms with Crippen LogP contribution in [0.25, 0.3) is 5.65 Å². The van der Waals surface area contributed by atoms with Crippen molar-refractivity contribution in [2.24, 2.45) is 4.99 Å². The number of halogens is 1. The van der Waals surface area contributed by atoms with Gasteiger partial charge in [0.15, 0.2) is 5.96 Å². The normalized spacial score (nSPS) is 11.4. The van der Waals surface area contributed by atoms with Crippen molar-refractivity contribution in [3.63, 3.8) is 0 Å². The second kappa shape index (κ2) is 10.5. The molecular formula is C18H25IN6S. The smallest absolute Gasteiger partial charge is 0.191 e. The molecule has 0 unspecified atom stereocenters. The van der Waals surface area contributed by atoms with Crippen LogP contribution in [0.1, 0.15) is 22.5 Å². The summed E-state index contributed by atoms with van der Waals surface area (Å²) < 4.78 is 2.04. The number of fused-ring (bicyclic) bond motifs is 1. The van der Waals surface area contributed by atoms with Crippen molar-refractivity contribution in [1.82, 2.24) is 25.0 Å². The fraction of sp³-hybridized carbons (Fsp3) is 0.389. The highest BCUT2D eigenvalue weighted by Crippen LogP contribution is 2.13. The quantitative estimate of drug-likeness (QED) is 0.308. The van der Waals surface area contributed by atoms with E-state index in [1.54, 1.807) is 18.4 Å². The lowest BCUT2D eigenvalue weighted by molar-refractivity contribution is 0.776. The van der Waals surface area contributed by atoms with Crippen molar-refractivity contribution >= 4 is 46.9 Å². The third-order valence-corrected chi connectivity index (χ3v) is 5.09. The van der Waals surface area contributed by atoms with E-state index in [1.165, 1.54) is 9.88 Å². The summed E-state index contributed by atoms with van der Waals surface area (Å²) in [6.45, 7) is 3.77. The van der Waals surface area contributed by atoms with Crippen molar-refractivity contribution < 1.29 is 0 Å². The summed E-state index contributed by atoms with van der Waals surface area (Å²) in [7, 11) is 1.79. The molecule has 0 saturated carbocycles. The van der Waals surface area contributed by atoms with Gasteiger partial charge >= 0.3 is 0 Å². The van der Waals surface area contributed by atoms with Crippen LogP contribution >= 0.6 is 35.3 Å². The maximum atomic E-state index is 4.60. The van der Waals surface area contributed by atoms with Crippen LogP contribution < -0.4 is 10.6 Å². The summed E-state index contributed by atoms with van der Waals surface area (Å²) in [6.07, 6.45) is 8.88. The minimum atomic E-state index is 0. The van der Waals surface area contributed by atoms with E-state index < -0.39 is 0 Å². The molecule has 140 valence electrons. The molecule has 26 heavy (non-hydrogen) atoms. The Balaban J connectivity index is 0.00000243. The van der Waals surface area contributed by atoms with Gasteiger partial charge < -0.3 is 15.0 Å². The summed E-state index contributed by atoms with van der Waals surface area (Å²) in [5, 5.41) is 7.85. The molecule has 0 aliphatic carbocycles.